The number of nitrogens with one attached hydrogen (secondary N) is 2. The number of anilines is 2. The summed E-state index contributed by atoms with van der Waals surface area (Å²) >= 11 is 0. The standard InChI is InChI=1S/C20H26N4O3S/c1-22(2)28(26,27)17-10-8-16(9-11-17)20(25)21-18-6-4-5-7-19(18)24-14-12-23(3)13-15-24/h4-11H,12-15H2,1-3H3,(H,21,25)/p+1. The number of hydrogen-bond donors (Lipinski definition) is 2. The molecular formula is C20H27N4O3S+. The lowest BCUT2D eigenvalue weighted by Crippen LogP contribution is -3.12. The zero-order valence-corrected chi connectivity index (χ0v) is 17.3. The van der Waals surface area contributed by atoms with Crippen molar-refractivity contribution in [3.8, 4) is 0 Å². The van der Waals surface area contributed by atoms with Crippen LogP contribution < -0.4 is 15.1 Å². The molecule has 1 aliphatic rings. The lowest BCUT2D eigenvalue weighted by molar-refractivity contribution is -0.880. The lowest BCUT2D eigenvalue weighted by atomic mass is 10.2. The van der Waals surface area contributed by atoms with Crippen LogP contribution in [0.4, 0.5) is 11.4 Å². The van der Waals surface area contributed by atoms with Crippen LogP contribution in [0, 0.1) is 0 Å². The minimum Gasteiger partial charge on any atom is -0.359 e. The molecule has 2 N–H and O–H groups in total. The first-order valence-corrected chi connectivity index (χ1v) is 10.7. The van der Waals surface area contributed by atoms with E-state index >= 15 is 0 Å². The second kappa shape index (κ2) is 8.30. The first-order chi connectivity index (χ1) is 13.3. The van der Waals surface area contributed by atoms with E-state index in [0.717, 1.165) is 41.9 Å². The Hall–Kier alpha value is -2.42. The Labute approximate surface area is 166 Å². The van der Waals surface area contributed by atoms with Crippen molar-refractivity contribution in [2.75, 3.05) is 57.5 Å². The van der Waals surface area contributed by atoms with Gasteiger partial charge in [0.05, 0.1) is 49.5 Å². The number of likely N-dealkylation sites (N-methyl/N-ethyl adjacent to an activating group) is 1. The molecule has 1 saturated heterocycles. The predicted molar refractivity (Wildman–Crippen MR) is 111 cm³/mol. The Morgan fingerprint density at radius 2 is 1.64 bits per heavy atom. The number of amides is 1. The van der Waals surface area contributed by atoms with Crippen molar-refractivity contribution in [2.24, 2.45) is 0 Å². The average molecular weight is 404 g/mol. The Morgan fingerprint density at radius 3 is 2.25 bits per heavy atom. The van der Waals surface area contributed by atoms with E-state index in [9.17, 15) is 13.2 Å². The van der Waals surface area contributed by atoms with Crippen LogP contribution in [0.2, 0.25) is 0 Å². The van der Waals surface area contributed by atoms with Crippen molar-refractivity contribution < 1.29 is 18.1 Å². The molecule has 0 spiro atoms. The van der Waals surface area contributed by atoms with Gasteiger partial charge in [-0.3, -0.25) is 4.79 Å². The molecule has 7 nitrogen and oxygen atoms in total. The van der Waals surface area contributed by atoms with Gasteiger partial charge in [0, 0.05) is 19.7 Å². The first kappa shape index (κ1) is 20.3. The number of sulfonamides is 1. The average Bonchev–Trinajstić information content (AvgIpc) is 2.69. The Kier molecular flexibility index (Phi) is 6.02. The molecule has 2 aromatic carbocycles. The van der Waals surface area contributed by atoms with Crippen LogP contribution in [0.15, 0.2) is 53.4 Å². The van der Waals surface area contributed by atoms with Crippen LogP contribution in [-0.2, 0) is 10.0 Å². The third-order valence-electron chi connectivity index (χ3n) is 5.01. The van der Waals surface area contributed by atoms with Crippen LogP contribution in [-0.4, -0.2) is 66.0 Å². The van der Waals surface area contributed by atoms with Crippen LogP contribution in [0.3, 0.4) is 0 Å². The molecule has 28 heavy (non-hydrogen) atoms. The Bertz CT molecular complexity index is 934. The molecule has 0 aliphatic carbocycles. The number of rotatable bonds is 5. The van der Waals surface area contributed by atoms with Crippen LogP contribution in [0.5, 0.6) is 0 Å². The highest BCUT2D eigenvalue weighted by molar-refractivity contribution is 7.89. The van der Waals surface area contributed by atoms with Crippen molar-refractivity contribution in [3.63, 3.8) is 0 Å². The topological polar surface area (TPSA) is 74.2 Å². The van der Waals surface area contributed by atoms with Gasteiger partial charge < -0.3 is 15.1 Å². The Morgan fingerprint density at radius 1 is 1.04 bits per heavy atom. The molecule has 0 radical (unpaired) electrons. The van der Waals surface area contributed by atoms with Crippen molar-refractivity contribution in [1.82, 2.24) is 4.31 Å². The highest BCUT2D eigenvalue weighted by Crippen LogP contribution is 2.26. The number of quaternary nitrogens is 1. The van der Waals surface area contributed by atoms with Gasteiger partial charge in [0.15, 0.2) is 0 Å². The number of piperazine rings is 1. The molecule has 8 heteroatoms. The zero-order valence-electron chi connectivity index (χ0n) is 16.5. The summed E-state index contributed by atoms with van der Waals surface area (Å²) in [6, 6.07) is 13.8. The minimum atomic E-state index is -3.51. The van der Waals surface area contributed by atoms with Crippen molar-refractivity contribution in [2.45, 2.75) is 4.90 Å². The van der Waals surface area contributed by atoms with Crippen LogP contribution in [0.1, 0.15) is 10.4 Å². The summed E-state index contributed by atoms with van der Waals surface area (Å²) < 4.78 is 25.5. The van der Waals surface area contributed by atoms with Gasteiger partial charge in [-0.05, 0) is 36.4 Å². The maximum atomic E-state index is 12.7. The molecule has 150 valence electrons. The minimum absolute atomic E-state index is 0.161. The third-order valence-corrected chi connectivity index (χ3v) is 6.83. The summed E-state index contributed by atoms with van der Waals surface area (Å²) in [4.78, 5) is 16.7. The number of nitrogens with zero attached hydrogens (tertiary/aromatic N) is 2. The predicted octanol–water partition coefficient (Wildman–Crippen LogP) is 0.524. The first-order valence-electron chi connectivity index (χ1n) is 9.28. The van der Waals surface area contributed by atoms with Gasteiger partial charge in [0.2, 0.25) is 10.0 Å². The molecule has 0 saturated carbocycles. The van der Waals surface area contributed by atoms with E-state index in [1.165, 1.54) is 43.3 Å². The molecule has 2 aromatic rings. The third kappa shape index (κ3) is 4.35. The van der Waals surface area contributed by atoms with Gasteiger partial charge in [0.25, 0.3) is 5.91 Å². The fraction of sp³-hybridized carbons (Fsp3) is 0.350. The monoisotopic (exact) mass is 403 g/mol. The van der Waals surface area contributed by atoms with Gasteiger partial charge in [-0.1, -0.05) is 12.1 Å². The summed E-state index contributed by atoms with van der Waals surface area (Å²) in [6.45, 7) is 4.00. The van der Waals surface area contributed by atoms with E-state index in [-0.39, 0.29) is 10.8 Å². The van der Waals surface area contributed by atoms with Gasteiger partial charge in [0.1, 0.15) is 0 Å². The van der Waals surface area contributed by atoms with Crippen molar-refractivity contribution >= 4 is 27.3 Å². The van der Waals surface area contributed by atoms with Gasteiger partial charge in [-0.25, -0.2) is 12.7 Å². The summed E-state index contributed by atoms with van der Waals surface area (Å²) in [5, 5.41) is 2.97. The summed E-state index contributed by atoms with van der Waals surface area (Å²) in [5.74, 6) is -0.263. The quantitative estimate of drug-likeness (QED) is 0.764. The maximum absolute atomic E-state index is 12.7. The number of para-hydroxylation sites is 2. The fourth-order valence-corrected chi connectivity index (χ4v) is 4.07. The second-order valence-electron chi connectivity index (χ2n) is 7.23. The molecular weight excluding hydrogens is 376 g/mol. The van der Waals surface area contributed by atoms with E-state index in [2.05, 4.69) is 17.3 Å². The normalized spacial score (nSPS) is 15.6. The highest BCUT2D eigenvalue weighted by atomic mass is 32.2. The number of benzene rings is 2. The van der Waals surface area contributed by atoms with Crippen molar-refractivity contribution in [1.29, 1.82) is 0 Å². The molecule has 1 aliphatic heterocycles. The van der Waals surface area contributed by atoms with Gasteiger partial charge in [-0.15, -0.1) is 0 Å². The molecule has 0 aromatic heterocycles. The fourth-order valence-electron chi connectivity index (χ4n) is 3.17. The molecule has 0 bridgehead atoms. The Balaban J connectivity index is 1.77. The lowest BCUT2D eigenvalue weighted by Gasteiger charge is -2.33. The largest absolute Gasteiger partial charge is 0.359 e. The number of hydrogen-bond acceptors (Lipinski definition) is 4. The maximum Gasteiger partial charge on any atom is 0.255 e. The van der Waals surface area contributed by atoms with Gasteiger partial charge in [-0.2, -0.15) is 0 Å². The summed E-state index contributed by atoms with van der Waals surface area (Å²) in [6.07, 6.45) is 0. The molecule has 1 amide bonds. The van der Waals surface area contributed by atoms with Crippen LogP contribution in [0.25, 0.3) is 0 Å². The molecule has 1 fully saturated rings. The molecule has 3 rings (SSSR count). The SMILES string of the molecule is CN(C)S(=O)(=O)c1ccc(C(=O)Nc2ccccc2N2CC[NH+](C)CC2)cc1. The molecule has 1 heterocycles. The molecule has 0 atom stereocenters. The zero-order chi connectivity index (χ0) is 20.3. The number of carbonyl (C=O) groups is 1. The highest BCUT2D eigenvalue weighted by Gasteiger charge is 2.21. The molecule has 0 unspecified atom stereocenters. The smallest absolute Gasteiger partial charge is 0.255 e. The van der Waals surface area contributed by atoms with E-state index in [4.69, 9.17) is 0 Å². The van der Waals surface area contributed by atoms with E-state index < -0.39 is 10.0 Å². The second-order valence-corrected chi connectivity index (χ2v) is 9.38. The van der Waals surface area contributed by atoms with E-state index in [1.54, 1.807) is 0 Å². The van der Waals surface area contributed by atoms with E-state index in [1.807, 2.05) is 24.3 Å². The number of carbonyl (C=O) groups excluding carboxylic acids is 1. The van der Waals surface area contributed by atoms with Crippen molar-refractivity contribution in [3.05, 3.63) is 54.1 Å². The van der Waals surface area contributed by atoms with Crippen LogP contribution >= 0.6 is 0 Å². The van der Waals surface area contributed by atoms with E-state index in [0.29, 0.717) is 5.56 Å². The summed E-state index contributed by atoms with van der Waals surface area (Å²) in [7, 11) is 1.63. The summed E-state index contributed by atoms with van der Waals surface area (Å²) in [5.41, 5.74) is 2.18. The van der Waals surface area contributed by atoms with Gasteiger partial charge >= 0.3 is 0 Å².